The molecule has 2 aromatic heterocycles. The van der Waals surface area contributed by atoms with Crippen LogP contribution in [-0.2, 0) is 0 Å². The molecule has 2 N–H and O–H groups in total. The smallest absolute Gasteiger partial charge is 0.226 e. The lowest BCUT2D eigenvalue weighted by molar-refractivity contribution is 0.103. The summed E-state index contributed by atoms with van der Waals surface area (Å²) in [5.41, 5.74) is 8.99. The zero-order valence-electron chi connectivity index (χ0n) is 14.7. The van der Waals surface area contributed by atoms with Crippen LogP contribution >= 0.6 is 0 Å². The summed E-state index contributed by atoms with van der Waals surface area (Å²) < 4.78 is 7.14. The normalized spacial score (nSPS) is 10.9. The number of ether oxygens (including phenoxy) is 1. The van der Waals surface area contributed by atoms with Gasteiger partial charge in [0.1, 0.15) is 11.2 Å². The molecule has 27 heavy (non-hydrogen) atoms. The fraction of sp³-hybridized carbons (Fsp3) is 0.100. The first kappa shape index (κ1) is 16.7. The number of aromatic nitrogens is 4. The zero-order valence-corrected chi connectivity index (χ0v) is 14.7. The molecule has 7 heteroatoms. The molecule has 2 aromatic carbocycles. The second kappa shape index (κ2) is 6.87. The van der Waals surface area contributed by atoms with Crippen molar-refractivity contribution in [1.82, 2.24) is 20.0 Å². The van der Waals surface area contributed by atoms with Gasteiger partial charge in [0, 0.05) is 5.56 Å². The van der Waals surface area contributed by atoms with Gasteiger partial charge in [-0.1, -0.05) is 47.7 Å². The molecule has 0 spiro atoms. The molecule has 134 valence electrons. The van der Waals surface area contributed by atoms with E-state index in [2.05, 4.69) is 15.3 Å². The number of carbonyl (C=O) groups is 1. The largest absolute Gasteiger partial charge is 0.477 e. The van der Waals surface area contributed by atoms with E-state index in [1.807, 2.05) is 49.4 Å². The minimum Gasteiger partial charge on any atom is -0.477 e. The molecule has 2 heterocycles. The van der Waals surface area contributed by atoms with Crippen LogP contribution in [0.4, 0.5) is 5.82 Å². The Morgan fingerprint density at radius 3 is 2.63 bits per heavy atom. The third-order valence-corrected chi connectivity index (χ3v) is 4.14. The Balaban J connectivity index is 1.90. The average Bonchev–Trinajstić information content (AvgIpc) is 3.13. The fourth-order valence-corrected chi connectivity index (χ4v) is 2.87. The molecule has 0 aliphatic rings. The predicted molar refractivity (Wildman–Crippen MR) is 102 cm³/mol. The summed E-state index contributed by atoms with van der Waals surface area (Å²) in [6.45, 7) is 2.20. The first-order valence-electron chi connectivity index (χ1n) is 8.53. The first-order chi connectivity index (χ1) is 13.2. The van der Waals surface area contributed by atoms with Gasteiger partial charge in [0.25, 0.3) is 0 Å². The molecule has 0 saturated heterocycles. The molecule has 0 unspecified atom stereocenters. The topological polar surface area (TPSA) is 95.9 Å². The number of fused-ring (bicyclic) bond motifs is 1. The Hall–Kier alpha value is -3.74. The lowest BCUT2D eigenvalue weighted by Crippen LogP contribution is -2.12. The van der Waals surface area contributed by atoms with Crippen LogP contribution in [0.5, 0.6) is 5.88 Å². The van der Waals surface area contributed by atoms with Gasteiger partial charge >= 0.3 is 0 Å². The Bertz CT molecular complexity index is 1120. The number of nitrogens with two attached hydrogens (primary N) is 1. The predicted octanol–water partition coefficient (Wildman–Crippen LogP) is 3.03. The second-order valence-corrected chi connectivity index (χ2v) is 5.86. The quantitative estimate of drug-likeness (QED) is 0.550. The van der Waals surface area contributed by atoms with Crippen molar-refractivity contribution >= 4 is 22.6 Å². The number of nitrogen functional groups attached to an aromatic ring is 1. The minimum atomic E-state index is -0.197. The Labute approximate surface area is 155 Å². The third kappa shape index (κ3) is 2.99. The number of pyridine rings is 1. The van der Waals surface area contributed by atoms with Crippen LogP contribution in [0.15, 0.2) is 60.7 Å². The van der Waals surface area contributed by atoms with Crippen LogP contribution < -0.4 is 10.5 Å². The number of hydrogen-bond acceptors (Lipinski definition) is 6. The summed E-state index contributed by atoms with van der Waals surface area (Å²) in [5.74, 6) is 0.216. The highest BCUT2D eigenvalue weighted by Crippen LogP contribution is 2.28. The highest BCUT2D eigenvalue weighted by atomic mass is 16.5. The lowest BCUT2D eigenvalue weighted by atomic mass is 10.0. The Morgan fingerprint density at radius 1 is 1.11 bits per heavy atom. The summed E-state index contributed by atoms with van der Waals surface area (Å²) in [6.07, 6.45) is 0. The van der Waals surface area contributed by atoms with E-state index in [9.17, 15) is 4.79 Å². The summed E-state index contributed by atoms with van der Waals surface area (Å²) in [5, 5.41) is 8.31. The van der Waals surface area contributed by atoms with Crippen molar-refractivity contribution in [3.8, 4) is 11.6 Å². The minimum absolute atomic E-state index is 0.197. The molecular formula is C20H17N5O2. The van der Waals surface area contributed by atoms with Gasteiger partial charge in [-0.25, -0.2) is 4.68 Å². The van der Waals surface area contributed by atoms with E-state index in [0.29, 0.717) is 23.4 Å². The maximum absolute atomic E-state index is 13.0. The number of para-hydroxylation sites is 1. The maximum Gasteiger partial charge on any atom is 0.226 e. The third-order valence-electron chi connectivity index (χ3n) is 4.14. The van der Waals surface area contributed by atoms with Gasteiger partial charge in [-0.15, -0.1) is 5.10 Å². The first-order valence-corrected chi connectivity index (χ1v) is 8.53. The average molecular weight is 359 g/mol. The highest BCUT2D eigenvalue weighted by Gasteiger charge is 2.21. The van der Waals surface area contributed by atoms with Crippen LogP contribution in [0.3, 0.4) is 0 Å². The van der Waals surface area contributed by atoms with E-state index >= 15 is 0 Å². The van der Waals surface area contributed by atoms with Gasteiger partial charge < -0.3 is 10.5 Å². The fourth-order valence-electron chi connectivity index (χ4n) is 2.87. The van der Waals surface area contributed by atoms with Gasteiger partial charge in [-0.3, -0.25) is 4.79 Å². The van der Waals surface area contributed by atoms with E-state index in [1.165, 1.54) is 0 Å². The molecule has 0 aliphatic carbocycles. The molecule has 0 radical (unpaired) electrons. The number of anilines is 1. The standard InChI is InChI=1S/C20H17N5O2/c1-2-27-20-14(18(26)13-8-4-3-5-9-13)12-17(19(21)22-20)25-16-11-7-6-10-15(16)23-24-25/h3-12H,2H2,1H3,(H2,21,22). The SMILES string of the molecule is CCOc1nc(N)c(-n2nnc3ccccc32)cc1C(=O)c1ccccc1. The Kier molecular flexibility index (Phi) is 4.25. The summed E-state index contributed by atoms with van der Waals surface area (Å²) in [7, 11) is 0. The van der Waals surface area contributed by atoms with Crippen molar-refractivity contribution in [3.05, 3.63) is 71.8 Å². The van der Waals surface area contributed by atoms with E-state index in [4.69, 9.17) is 10.5 Å². The summed E-state index contributed by atoms with van der Waals surface area (Å²) in [4.78, 5) is 17.4. The van der Waals surface area contributed by atoms with Crippen molar-refractivity contribution in [2.24, 2.45) is 0 Å². The molecule has 0 amide bonds. The van der Waals surface area contributed by atoms with Gasteiger partial charge in [0.05, 0.1) is 17.7 Å². The maximum atomic E-state index is 13.0. The summed E-state index contributed by atoms with van der Waals surface area (Å²) in [6, 6.07) is 18.1. The van der Waals surface area contributed by atoms with Crippen molar-refractivity contribution in [1.29, 1.82) is 0 Å². The molecule has 0 aliphatic heterocycles. The van der Waals surface area contributed by atoms with Gasteiger partial charge in [-0.2, -0.15) is 4.98 Å². The van der Waals surface area contributed by atoms with E-state index < -0.39 is 0 Å². The van der Waals surface area contributed by atoms with Crippen LogP contribution in [0.1, 0.15) is 22.8 Å². The number of carbonyl (C=O) groups excluding carboxylic acids is 1. The van der Waals surface area contributed by atoms with Crippen LogP contribution in [-0.4, -0.2) is 32.4 Å². The lowest BCUT2D eigenvalue weighted by Gasteiger charge is -2.13. The number of benzene rings is 2. The molecule has 7 nitrogen and oxygen atoms in total. The van der Waals surface area contributed by atoms with Crippen molar-refractivity contribution in [2.75, 3.05) is 12.3 Å². The number of hydrogen-bond donors (Lipinski definition) is 1. The van der Waals surface area contributed by atoms with Crippen LogP contribution in [0.2, 0.25) is 0 Å². The van der Waals surface area contributed by atoms with Gasteiger partial charge in [0.2, 0.25) is 5.88 Å². The van der Waals surface area contributed by atoms with Gasteiger partial charge in [-0.05, 0) is 25.1 Å². The molecule has 4 rings (SSSR count). The number of rotatable bonds is 5. The van der Waals surface area contributed by atoms with Crippen molar-refractivity contribution in [3.63, 3.8) is 0 Å². The number of nitrogens with zero attached hydrogens (tertiary/aromatic N) is 4. The molecule has 0 saturated carbocycles. The van der Waals surface area contributed by atoms with Crippen molar-refractivity contribution in [2.45, 2.75) is 6.92 Å². The van der Waals surface area contributed by atoms with Gasteiger partial charge in [0.15, 0.2) is 11.6 Å². The number of ketones is 1. The highest BCUT2D eigenvalue weighted by molar-refractivity contribution is 6.11. The molecule has 0 fully saturated rings. The van der Waals surface area contributed by atoms with Crippen molar-refractivity contribution < 1.29 is 9.53 Å². The molecule has 0 bridgehead atoms. The van der Waals surface area contributed by atoms with Crippen LogP contribution in [0.25, 0.3) is 16.7 Å². The van der Waals surface area contributed by atoms with Crippen LogP contribution in [0, 0.1) is 0 Å². The monoisotopic (exact) mass is 359 g/mol. The molecule has 0 atom stereocenters. The summed E-state index contributed by atoms with van der Waals surface area (Å²) >= 11 is 0. The Morgan fingerprint density at radius 2 is 1.85 bits per heavy atom. The van der Waals surface area contributed by atoms with E-state index in [0.717, 1.165) is 11.0 Å². The van der Waals surface area contributed by atoms with E-state index in [1.54, 1.807) is 22.9 Å². The van der Waals surface area contributed by atoms with E-state index in [-0.39, 0.29) is 17.5 Å². The zero-order chi connectivity index (χ0) is 18.8. The molecular weight excluding hydrogens is 342 g/mol. The molecule has 4 aromatic rings. The second-order valence-electron chi connectivity index (χ2n) is 5.86.